The molecule has 0 bridgehead atoms. The molecule has 2 amide bonds. The molecule has 0 spiro atoms. The molecule has 46 heavy (non-hydrogen) atoms. The van der Waals surface area contributed by atoms with Gasteiger partial charge in [-0.05, 0) is 72.5 Å². The van der Waals surface area contributed by atoms with E-state index in [-0.39, 0.29) is 29.8 Å². The van der Waals surface area contributed by atoms with Crippen molar-refractivity contribution in [3.8, 4) is 5.75 Å². The summed E-state index contributed by atoms with van der Waals surface area (Å²) < 4.78 is 35.5. The Hall–Kier alpha value is -4.15. The number of rotatable bonds is 13. The second kappa shape index (κ2) is 15.4. The lowest BCUT2D eigenvalue weighted by Gasteiger charge is -2.34. The summed E-state index contributed by atoms with van der Waals surface area (Å²) in [6.45, 7) is -0.435. The fourth-order valence-electron chi connectivity index (χ4n) is 5.74. The van der Waals surface area contributed by atoms with Gasteiger partial charge in [0, 0.05) is 23.5 Å². The van der Waals surface area contributed by atoms with Gasteiger partial charge in [0.05, 0.1) is 17.7 Å². The molecule has 1 aliphatic rings. The number of hydrogen-bond donors (Lipinski definition) is 1. The van der Waals surface area contributed by atoms with Gasteiger partial charge in [0.2, 0.25) is 11.8 Å². The quantitative estimate of drug-likeness (QED) is 0.175. The molecule has 10 heteroatoms. The van der Waals surface area contributed by atoms with Crippen molar-refractivity contribution in [1.82, 2.24) is 10.2 Å². The lowest BCUT2D eigenvalue weighted by molar-refractivity contribution is -0.140. The highest BCUT2D eigenvalue weighted by Crippen LogP contribution is 2.27. The highest BCUT2D eigenvalue weighted by atomic mass is 79.9. The SMILES string of the molecule is COc1cccc(CN(C(=O)CN(c2ccc(Br)cc2)S(=O)(=O)c2ccccc2)C(Cc2ccccc2)C(=O)NC2CCCC2)c1. The molecule has 0 aromatic heterocycles. The zero-order valence-corrected chi connectivity index (χ0v) is 28.1. The summed E-state index contributed by atoms with van der Waals surface area (Å²) in [5.74, 6) is -0.149. The topological polar surface area (TPSA) is 96.0 Å². The van der Waals surface area contributed by atoms with E-state index in [0.29, 0.717) is 11.4 Å². The largest absolute Gasteiger partial charge is 0.497 e. The Balaban J connectivity index is 1.56. The van der Waals surface area contributed by atoms with Crippen LogP contribution in [0.2, 0.25) is 0 Å². The maximum atomic E-state index is 14.6. The van der Waals surface area contributed by atoms with Crippen LogP contribution < -0.4 is 14.4 Å². The third-order valence-corrected chi connectivity index (χ3v) is 10.5. The molecule has 1 saturated carbocycles. The first-order chi connectivity index (χ1) is 22.2. The average Bonchev–Trinajstić information content (AvgIpc) is 3.59. The van der Waals surface area contributed by atoms with Gasteiger partial charge in [-0.1, -0.05) is 89.4 Å². The Kier molecular flexibility index (Phi) is 11.1. The van der Waals surface area contributed by atoms with E-state index in [1.165, 1.54) is 17.0 Å². The van der Waals surface area contributed by atoms with Crippen molar-refractivity contribution in [1.29, 1.82) is 0 Å². The van der Waals surface area contributed by atoms with E-state index in [1.54, 1.807) is 49.6 Å². The fraction of sp³-hybridized carbons (Fsp3) is 0.278. The Morgan fingerprint density at radius 3 is 2.15 bits per heavy atom. The van der Waals surface area contributed by atoms with Crippen LogP contribution in [-0.4, -0.2) is 50.9 Å². The maximum Gasteiger partial charge on any atom is 0.264 e. The number of anilines is 1. The number of amides is 2. The number of sulfonamides is 1. The van der Waals surface area contributed by atoms with Gasteiger partial charge in [-0.15, -0.1) is 0 Å². The number of hydrogen-bond acceptors (Lipinski definition) is 5. The normalized spacial score (nSPS) is 14.0. The molecule has 1 atom stereocenters. The Labute approximate surface area is 279 Å². The van der Waals surface area contributed by atoms with Gasteiger partial charge in [-0.2, -0.15) is 0 Å². The molecule has 240 valence electrons. The van der Waals surface area contributed by atoms with E-state index in [9.17, 15) is 18.0 Å². The smallest absolute Gasteiger partial charge is 0.264 e. The molecule has 4 aromatic carbocycles. The minimum Gasteiger partial charge on any atom is -0.497 e. The van der Waals surface area contributed by atoms with Crippen LogP contribution in [0.4, 0.5) is 5.69 Å². The van der Waals surface area contributed by atoms with Crippen LogP contribution in [0.5, 0.6) is 5.75 Å². The number of carbonyl (C=O) groups excluding carboxylic acids is 2. The van der Waals surface area contributed by atoms with Gasteiger partial charge in [0.25, 0.3) is 10.0 Å². The number of methoxy groups -OCH3 is 1. The van der Waals surface area contributed by atoms with Crippen LogP contribution in [0.3, 0.4) is 0 Å². The lowest BCUT2D eigenvalue weighted by Crippen LogP contribution is -2.54. The minimum atomic E-state index is -4.15. The number of ether oxygens (including phenoxy) is 1. The Morgan fingerprint density at radius 2 is 1.50 bits per heavy atom. The van der Waals surface area contributed by atoms with E-state index in [1.807, 2.05) is 54.6 Å². The molecule has 1 fully saturated rings. The van der Waals surface area contributed by atoms with Crippen molar-refractivity contribution in [2.24, 2.45) is 0 Å². The number of nitrogens with zero attached hydrogens (tertiary/aromatic N) is 2. The molecule has 1 aliphatic carbocycles. The van der Waals surface area contributed by atoms with E-state index in [0.717, 1.165) is 45.6 Å². The van der Waals surface area contributed by atoms with Crippen molar-refractivity contribution < 1.29 is 22.7 Å². The van der Waals surface area contributed by atoms with Crippen LogP contribution in [0.15, 0.2) is 119 Å². The van der Waals surface area contributed by atoms with Gasteiger partial charge < -0.3 is 15.0 Å². The van der Waals surface area contributed by atoms with Crippen molar-refractivity contribution in [3.63, 3.8) is 0 Å². The van der Waals surface area contributed by atoms with Crippen LogP contribution >= 0.6 is 15.9 Å². The van der Waals surface area contributed by atoms with Crippen LogP contribution in [0.25, 0.3) is 0 Å². The molecule has 0 saturated heterocycles. The van der Waals surface area contributed by atoms with E-state index >= 15 is 0 Å². The van der Waals surface area contributed by atoms with Gasteiger partial charge in [0.1, 0.15) is 18.3 Å². The number of carbonyl (C=O) groups is 2. The summed E-state index contributed by atoms with van der Waals surface area (Å²) >= 11 is 3.42. The molecule has 0 heterocycles. The molecule has 0 aliphatic heterocycles. The van der Waals surface area contributed by atoms with Crippen LogP contribution in [-0.2, 0) is 32.6 Å². The highest BCUT2D eigenvalue weighted by Gasteiger charge is 2.35. The summed E-state index contributed by atoms with van der Waals surface area (Å²) in [5.41, 5.74) is 1.97. The predicted molar refractivity (Wildman–Crippen MR) is 183 cm³/mol. The third kappa shape index (κ3) is 8.35. The second-order valence-electron chi connectivity index (χ2n) is 11.4. The number of nitrogens with one attached hydrogen (secondary N) is 1. The number of benzene rings is 4. The van der Waals surface area contributed by atoms with Crippen molar-refractivity contribution >= 4 is 43.5 Å². The molecular weight excluding hydrogens is 666 g/mol. The first-order valence-corrected chi connectivity index (χ1v) is 17.6. The van der Waals surface area contributed by atoms with Gasteiger partial charge in [-0.3, -0.25) is 13.9 Å². The van der Waals surface area contributed by atoms with Crippen molar-refractivity contribution in [3.05, 3.63) is 125 Å². The van der Waals surface area contributed by atoms with Crippen molar-refractivity contribution in [2.75, 3.05) is 18.0 Å². The van der Waals surface area contributed by atoms with Crippen LogP contribution in [0, 0.1) is 0 Å². The second-order valence-corrected chi connectivity index (χ2v) is 14.1. The molecule has 1 unspecified atom stereocenters. The minimum absolute atomic E-state index is 0.0391. The molecular formula is C36H38BrN3O5S. The summed E-state index contributed by atoms with van der Waals surface area (Å²) in [7, 11) is -2.58. The Bertz CT molecular complexity index is 1710. The third-order valence-electron chi connectivity index (χ3n) is 8.18. The van der Waals surface area contributed by atoms with Gasteiger partial charge in [-0.25, -0.2) is 8.42 Å². The zero-order chi connectivity index (χ0) is 32.5. The summed E-state index contributed by atoms with van der Waals surface area (Å²) in [5, 5.41) is 3.20. The molecule has 4 aromatic rings. The fourth-order valence-corrected chi connectivity index (χ4v) is 7.44. The molecule has 0 radical (unpaired) electrons. The maximum absolute atomic E-state index is 14.6. The first-order valence-electron chi connectivity index (χ1n) is 15.3. The molecule has 1 N–H and O–H groups in total. The van der Waals surface area contributed by atoms with E-state index < -0.39 is 28.5 Å². The van der Waals surface area contributed by atoms with Gasteiger partial charge >= 0.3 is 0 Å². The predicted octanol–water partition coefficient (Wildman–Crippen LogP) is 6.35. The highest BCUT2D eigenvalue weighted by molar-refractivity contribution is 9.10. The Morgan fingerprint density at radius 1 is 0.870 bits per heavy atom. The first kappa shape index (κ1) is 33.2. The molecule has 5 rings (SSSR count). The zero-order valence-electron chi connectivity index (χ0n) is 25.7. The van der Waals surface area contributed by atoms with E-state index in [4.69, 9.17) is 4.74 Å². The molecule has 8 nitrogen and oxygen atoms in total. The summed E-state index contributed by atoms with van der Waals surface area (Å²) in [6, 6.07) is 30.8. The van der Waals surface area contributed by atoms with Gasteiger partial charge in [0.15, 0.2) is 0 Å². The summed E-state index contributed by atoms with van der Waals surface area (Å²) in [4.78, 5) is 30.3. The monoisotopic (exact) mass is 703 g/mol. The van der Waals surface area contributed by atoms with Crippen molar-refractivity contribution in [2.45, 2.75) is 55.6 Å². The van der Waals surface area contributed by atoms with Crippen LogP contribution in [0.1, 0.15) is 36.8 Å². The summed E-state index contributed by atoms with van der Waals surface area (Å²) in [6.07, 6.45) is 4.12. The average molecular weight is 705 g/mol. The lowest BCUT2D eigenvalue weighted by atomic mass is 10.0. The standard InChI is InChI=1S/C36H38BrN3O5S/c1-45-32-16-10-13-28(23-32)25-39(34(24-27-11-4-2-5-12-27)36(42)38-30-14-8-9-15-30)35(41)26-40(31-21-19-29(37)20-22-31)46(43,44)33-17-6-3-7-18-33/h2-7,10-13,16-23,30,34H,8-9,14-15,24-26H2,1H3,(H,38,42). The number of halogens is 1. The van der Waals surface area contributed by atoms with E-state index in [2.05, 4.69) is 21.2 Å².